The van der Waals surface area contributed by atoms with Crippen LogP contribution in [-0.2, 0) is 29.1 Å². The summed E-state index contributed by atoms with van der Waals surface area (Å²) in [5.74, 6) is -0.844. The molecule has 17 heteroatoms. The van der Waals surface area contributed by atoms with Crippen molar-refractivity contribution in [3.63, 3.8) is 0 Å². The van der Waals surface area contributed by atoms with Crippen molar-refractivity contribution in [3.05, 3.63) is 184 Å². The molecule has 0 heterocycles. The van der Waals surface area contributed by atoms with E-state index in [4.69, 9.17) is 48.5 Å². The topological polar surface area (TPSA) is 143 Å². The largest absolute Gasteiger partial charge is 0.488 e. The fourth-order valence-corrected chi connectivity index (χ4v) is 5.41. The Morgan fingerprint density at radius 2 is 0.821 bits per heavy atom. The molecule has 0 fully saturated rings. The predicted octanol–water partition coefficient (Wildman–Crippen LogP) is 12.3. The van der Waals surface area contributed by atoms with E-state index in [-0.39, 0.29) is 35.2 Å². The smallest absolute Gasteiger partial charge is 0.444 e. The van der Waals surface area contributed by atoms with Crippen molar-refractivity contribution in [2.24, 2.45) is 5.73 Å². The number of alkyl carbamates (subject to hydrolysis) is 2. The molecule has 0 aromatic heterocycles. The molecule has 6 aromatic rings. The molecule has 0 atom stereocenters. The third kappa shape index (κ3) is 26.8. The van der Waals surface area contributed by atoms with Gasteiger partial charge in [-0.05, 0) is 134 Å². The molecule has 67 heavy (non-hydrogen) atoms. The molecule has 2 amide bonds. The summed E-state index contributed by atoms with van der Waals surface area (Å²) in [6, 6.07) is 41.3. The van der Waals surface area contributed by atoms with Crippen LogP contribution in [0.15, 0.2) is 150 Å². The van der Waals surface area contributed by atoms with Crippen molar-refractivity contribution in [3.8, 4) is 22.3 Å². The van der Waals surface area contributed by atoms with Crippen LogP contribution in [0.3, 0.4) is 0 Å². The molecule has 6 N–H and O–H groups in total. The summed E-state index contributed by atoms with van der Waals surface area (Å²) in [5, 5.41) is 22.7. The van der Waals surface area contributed by atoms with Gasteiger partial charge in [-0.15, -0.1) is 35.6 Å². The lowest BCUT2D eigenvalue weighted by atomic mass is 9.80. The molecule has 0 saturated heterocycles. The van der Waals surface area contributed by atoms with Crippen LogP contribution in [0.2, 0.25) is 0 Å². The first-order chi connectivity index (χ1) is 31.1. The highest BCUT2D eigenvalue weighted by atomic mass is 79.9. The molecule has 0 aliphatic heterocycles. The zero-order valence-corrected chi connectivity index (χ0v) is 42.0. The third-order valence-corrected chi connectivity index (χ3v) is 8.78. The normalized spacial score (nSPS) is 10.3. The average Bonchev–Trinajstić information content (AvgIpc) is 3.26. The SMILES string of the molecule is CC(C)(C)OC(=O)NCc1ccc(-c2ccc(F)cc2)cc1.CC(C)(C)OC(=O)NCc1ccc(Br)cc1.Cl.ClCCl.NCc1ccc(-c2ccc(F)cc2)cc1.OB(O)c1ccc(F)cc1. The Bertz CT molecular complexity index is 2300. The summed E-state index contributed by atoms with van der Waals surface area (Å²) in [6.07, 6.45) is -0.828. The molecular weight excluding hydrogens is 993 g/mol. The molecule has 0 spiro atoms. The minimum Gasteiger partial charge on any atom is -0.444 e. The fourth-order valence-electron chi connectivity index (χ4n) is 5.15. The lowest BCUT2D eigenvalue weighted by Crippen LogP contribution is -2.32. The lowest BCUT2D eigenvalue weighted by Gasteiger charge is -2.19. The van der Waals surface area contributed by atoms with Crippen LogP contribution in [0.5, 0.6) is 0 Å². The molecular formula is C50H57BBrCl3F3N3O6. The lowest BCUT2D eigenvalue weighted by molar-refractivity contribution is 0.0512. The first-order valence-electron chi connectivity index (χ1n) is 20.4. The molecule has 0 radical (unpaired) electrons. The van der Waals surface area contributed by atoms with Gasteiger partial charge in [-0.1, -0.05) is 113 Å². The second kappa shape index (κ2) is 31.1. The molecule has 360 valence electrons. The van der Waals surface area contributed by atoms with Gasteiger partial charge in [0.2, 0.25) is 0 Å². The first kappa shape index (κ1) is 60.0. The summed E-state index contributed by atoms with van der Waals surface area (Å²) >= 11 is 12.9. The maximum absolute atomic E-state index is 12.9. The van der Waals surface area contributed by atoms with Gasteiger partial charge in [0.15, 0.2) is 0 Å². The second-order valence-corrected chi connectivity index (χ2v) is 17.7. The number of halogens is 7. The highest BCUT2D eigenvalue weighted by molar-refractivity contribution is 9.10. The third-order valence-electron chi connectivity index (χ3n) is 8.25. The van der Waals surface area contributed by atoms with Gasteiger partial charge in [0.05, 0.1) is 5.34 Å². The number of carbonyl (C=O) groups is 2. The van der Waals surface area contributed by atoms with Crippen LogP contribution in [0.4, 0.5) is 22.8 Å². The average molecular weight is 1050 g/mol. The van der Waals surface area contributed by atoms with Crippen molar-refractivity contribution in [1.82, 2.24) is 10.6 Å². The summed E-state index contributed by atoms with van der Waals surface area (Å²) in [6.45, 7) is 12.4. The number of nitrogens with one attached hydrogen (secondary N) is 2. The predicted molar refractivity (Wildman–Crippen MR) is 272 cm³/mol. The highest BCUT2D eigenvalue weighted by Crippen LogP contribution is 2.21. The van der Waals surface area contributed by atoms with E-state index >= 15 is 0 Å². The minimum atomic E-state index is -1.51. The zero-order chi connectivity index (χ0) is 49.3. The van der Waals surface area contributed by atoms with Crippen molar-refractivity contribution < 1.29 is 42.3 Å². The number of benzene rings is 6. The van der Waals surface area contributed by atoms with Crippen molar-refractivity contribution in [2.75, 3.05) is 5.34 Å². The van der Waals surface area contributed by atoms with Gasteiger partial charge in [0.25, 0.3) is 0 Å². The number of nitrogens with two attached hydrogens (primary N) is 1. The summed E-state index contributed by atoms with van der Waals surface area (Å²) < 4.78 is 49.1. The Morgan fingerprint density at radius 1 is 0.552 bits per heavy atom. The van der Waals surface area contributed by atoms with E-state index < -0.39 is 30.5 Å². The Morgan fingerprint density at radius 3 is 1.10 bits per heavy atom. The van der Waals surface area contributed by atoms with Gasteiger partial charge in [-0.3, -0.25) is 0 Å². The molecule has 0 bridgehead atoms. The number of carbonyl (C=O) groups excluding carboxylic acids is 2. The zero-order valence-electron chi connectivity index (χ0n) is 38.0. The molecule has 0 unspecified atom stereocenters. The van der Waals surface area contributed by atoms with Crippen molar-refractivity contribution >= 4 is 76.3 Å². The van der Waals surface area contributed by atoms with E-state index in [1.165, 1.54) is 48.5 Å². The number of alkyl halides is 2. The maximum Gasteiger partial charge on any atom is 0.488 e. The molecule has 0 saturated carbocycles. The van der Waals surface area contributed by atoms with Gasteiger partial charge in [-0.2, -0.15) is 0 Å². The van der Waals surface area contributed by atoms with Crippen LogP contribution in [-0.4, -0.2) is 45.9 Å². The van der Waals surface area contributed by atoms with Crippen LogP contribution >= 0.6 is 51.5 Å². The van der Waals surface area contributed by atoms with Gasteiger partial charge in [0.1, 0.15) is 28.7 Å². The monoisotopic (exact) mass is 1050 g/mol. The number of hydrogen-bond donors (Lipinski definition) is 5. The summed E-state index contributed by atoms with van der Waals surface area (Å²) in [7, 11) is -1.51. The van der Waals surface area contributed by atoms with E-state index in [0.717, 1.165) is 43.4 Å². The Labute approximate surface area is 416 Å². The Kier molecular flexibility index (Phi) is 27.8. The number of ether oxygens (including phenoxy) is 2. The number of amides is 2. The fraction of sp³-hybridized carbons (Fsp3) is 0.240. The van der Waals surface area contributed by atoms with Crippen molar-refractivity contribution in [2.45, 2.75) is 72.4 Å². The van der Waals surface area contributed by atoms with Crippen LogP contribution in [0, 0.1) is 17.5 Å². The number of hydrogen-bond acceptors (Lipinski definition) is 7. The van der Waals surface area contributed by atoms with Crippen LogP contribution in [0.25, 0.3) is 22.3 Å². The molecule has 0 aliphatic carbocycles. The van der Waals surface area contributed by atoms with Gasteiger partial charge in [-0.25, -0.2) is 22.8 Å². The molecule has 0 aliphatic rings. The van der Waals surface area contributed by atoms with Crippen molar-refractivity contribution in [1.29, 1.82) is 0 Å². The maximum atomic E-state index is 12.9. The second-order valence-electron chi connectivity index (χ2n) is 16.0. The van der Waals surface area contributed by atoms with Gasteiger partial charge in [0, 0.05) is 24.1 Å². The van der Waals surface area contributed by atoms with Gasteiger partial charge < -0.3 is 35.9 Å². The molecule has 6 aromatic carbocycles. The first-order valence-corrected chi connectivity index (χ1v) is 22.3. The Hall–Kier alpha value is -5.06. The minimum absolute atomic E-state index is 0. The van der Waals surface area contributed by atoms with E-state index in [9.17, 15) is 22.8 Å². The van der Waals surface area contributed by atoms with E-state index in [1.54, 1.807) is 24.3 Å². The molecule has 6 rings (SSSR count). The highest BCUT2D eigenvalue weighted by Gasteiger charge is 2.16. The summed E-state index contributed by atoms with van der Waals surface area (Å²) in [4.78, 5) is 22.9. The Balaban J connectivity index is 0.000000449. The van der Waals surface area contributed by atoms with Gasteiger partial charge >= 0.3 is 19.3 Å². The van der Waals surface area contributed by atoms with E-state index in [1.807, 2.05) is 114 Å². The quantitative estimate of drug-likeness (QED) is 0.0754. The summed E-state index contributed by atoms with van der Waals surface area (Å²) in [5.41, 5.74) is 12.0. The molecule has 9 nitrogen and oxygen atoms in total. The van der Waals surface area contributed by atoms with E-state index in [0.29, 0.717) is 25.1 Å². The number of rotatable bonds is 8. The van der Waals surface area contributed by atoms with Crippen LogP contribution in [0.1, 0.15) is 58.2 Å². The van der Waals surface area contributed by atoms with E-state index in [2.05, 4.69) is 26.6 Å². The van der Waals surface area contributed by atoms with Crippen LogP contribution < -0.4 is 21.8 Å². The standard InChI is InChI=1S/C18H20FNO2.C13H12FN.C12H16BrNO2.C6H6BFO2.CH2Cl2.ClH/c1-18(2,3)22-17(21)20-12-13-4-6-14(7-5-13)15-8-10-16(19)11-9-15;14-13-7-5-12(6-8-13)11-3-1-10(9-15)2-4-11;1-12(2,3)16-11(15)14-8-9-4-6-10(13)7-5-9;8-6-3-1-5(2-4-6)7(9)10;2-1-3;/h4-11H,12H2,1-3H3,(H,20,21);1-8H,9,15H2;4-7H,8H2,1-3H3,(H,14,15);1-4,9-10H;1H2;1H.